The lowest BCUT2D eigenvalue weighted by Gasteiger charge is -2.07. The summed E-state index contributed by atoms with van der Waals surface area (Å²) in [7, 11) is 0. The van der Waals surface area contributed by atoms with Crippen LogP contribution < -0.4 is 0 Å². The molecule has 0 bridgehead atoms. The van der Waals surface area contributed by atoms with E-state index in [1.165, 1.54) is 35.6 Å². The minimum absolute atomic E-state index is 0.276. The van der Waals surface area contributed by atoms with Gasteiger partial charge < -0.3 is 0 Å². The number of hydrogen-bond donors (Lipinski definition) is 0. The van der Waals surface area contributed by atoms with Crippen molar-refractivity contribution >= 4 is 11.3 Å². The molecular formula is C20H12F2N2S. The molecule has 4 aromatic rings. The number of thiazole rings is 1. The molecule has 25 heavy (non-hydrogen) atoms. The number of halogens is 2. The molecule has 2 heterocycles. The van der Waals surface area contributed by atoms with Crippen molar-refractivity contribution in [3.05, 3.63) is 84.0 Å². The fraction of sp³-hybridized carbons (Fsp3) is 0. The number of benzene rings is 2. The molecule has 122 valence electrons. The van der Waals surface area contributed by atoms with E-state index in [-0.39, 0.29) is 11.6 Å². The molecule has 0 aliphatic rings. The molecule has 0 atom stereocenters. The summed E-state index contributed by atoms with van der Waals surface area (Å²) in [6, 6.07) is 14.6. The quantitative estimate of drug-likeness (QED) is 0.465. The van der Waals surface area contributed by atoms with Crippen molar-refractivity contribution in [2.24, 2.45) is 0 Å². The van der Waals surface area contributed by atoms with Crippen LogP contribution in [0, 0.1) is 11.6 Å². The van der Waals surface area contributed by atoms with E-state index in [2.05, 4.69) is 9.97 Å². The smallest absolute Gasteiger partial charge is 0.126 e. The SMILES string of the molecule is Fc1ccc(-c2ccncc2-c2nc(-c3cccc(F)c3)cs2)cc1. The lowest BCUT2D eigenvalue weighted by molar-refractivity contribution is 0.627. The Labute approximate surface area is 147 Å². The molecule has 0 saturated carbocycles. The Hall–Kier alpha value is -2.92. The summed E-state index contributed by atoms with van der Waals surface area (Å²) >= 11 is 1.47. The van der Waals surface area contributed by atoms with Crippen molar-refractivity contribution < 1.29 is 8.78 Å². The number of aromatic nitrogens is 2. The third-order valence-electron chi connectivity index (χ3n) is 3.83. The molecular weight excluding hydrogens is 338 g/mol. The van der Waals surface area contributed by atoms with Gasteiger partial charge in [0.1, 0.15) is 16.6 Å². The van der Waals surface area contributed by atoms with Crippen molar-refractivity contribution in [3.63, 3.8) is 0 Å². The second-order valence-electron chi connectivity index (χ2n) is 5.48. The van der Waals surface area contributed by atoms with Crippen LogP contribution in [0.4, 0.5) is 8.78 Å². The summed E-state index contributed by atoms with van der Waals surface area (Å²) in [4.78, 5) is 8.83. The van der Waals surface area contributed by atoms with Crippen LogP contribution >= 0.6 is 11.3 Å². The Morgan fingerprint density at radius 3 is 2.44 bits per heavy atom. The topological polar surface area (TPSA) is 25.8 Å². The van der Waals surface area contributed by atoms with E-state index in [0.717, 1.165) is 27.3 Å². The molecule has 0 N–H and O–H groups in total. The van der Waals surface area contributed by atoms with Crippen molar-refractivity contribution in [1.82, 2.24) is 9.97 Å². The normalized spacial score (nSPS) is 10.8. The maximum Gasteiger partial charge on any atom is 0.126 e. The Morgan fingerprint density at radius 1 is 0.800 bits per heavy atom. The maximum atomic E-state index is 13.4. The Bertz CT molecular complexity index is 1030. The predicted molar refractivity (Wildman–Crippen MR) is 96.1 cm³/mol. The third kappa shape index (κ3) is 3.19. The van der Waals surface area contributed by atoms with E-state index in [4.69, 9.17) is 0 Å². The molecule has 2 nitrogen and oxygen atoms in total. The van der Waals surface area contributed by atoms with Crippen LogP contribution in [0.2, 0.25) is 0 Å². The summed E-state index contributed by atoms with van der Waals surface area (Å²) in [5.74, 6) is -0.567. The van der Waals surface area contributed by atoms with Crippen LogP contribution in [0.15, 0.2) is 72.4 Å². The van der Waals surface area contributed by atoms with E-state index in [0.29, 0.717) is 5.69 Å². The van der Waals surface area contributed by atoms with Crippen molar-refractivity contribution in [2.75, 3.05) is 0 Å². The molecule has 0 saturated heterocycles. The first kappa shape index (κ1) is 15.6. The average molecular weight is 350 g/mol. The zero-order chi connectivity index (χ0) is 17.2. The highest BCUT2D eigenvalue weighted by atomic mass is 32.1. The average Bonchev–Trinajstić information content (AvgIpc) is 3.12. The van der Waals surface area contributed by atoms with Crippen LogP contribution in [-0.4, -0.2) is 9.97 Å². The van der Waals surface area contributed by atoms with Crippen LogP contribution in [-0.2, 0) is 0 Å². The van der Waals surface area contributed by atoms with Gasteiger partial charge in [0.05, 0.1) is 5.69 Å². The van der Waals surface area contributed by atoms with Crippen molar-refractivity contribution in [2.45, 2.75) is 0 Å². The zero-order valence-corrected chi connectivity index (χ0v) is 13.8. The van der Waals surface area contributed by atoms with Crippen molar-refractivity contribution in [1.29, 1.82) is 0 Å². The van der Waals surface area contributed by atoms with Crippen LogP contribution in [0.5, 0.6) is 0 Å². The van der Waals surface area contributed by atoms with E-state index in [1.807, 2.05) is 17.5 Å². The van der Waals surface area contributed by atoms with Gasteiger partial charge in [0.2, 0.25) is 0 Å². The predicted octanol–water partition coefficient (Wildman–Crippen LogP) is 5.82. The summed E-state index contributed by atoms with van der Waals surface area (Å²) in [5, 5.41) is 2.68. The Morgan fingerprint density at radius 2 is 1.64 bits per heavy atom. The summed E-state index contributed by atoms with van der Waals surface area (Å²) < 4.78 is 26.6. The molecule has 4 rings (SSSR count). The van der Waals surface area contributed by atoms with Gasteiger partial charge in [-0.05, 0) is 41.5 Å². The highest BCUT2D eigenvalue weighted by Gasteiger charge is 2.12. The van der Waals surface area contributed by atoms with E-state index < -0.39 is 0 Å². The van der Waals surface area contributed by atoms with E-state index >= 15 is 0 Å². The van der Waals surface area contributed by atoms with Gasteiger partial charge in [0.15, 0.2) is 0 Å². The fourth-order valence-electron chi connectivity index (χ4n) is 2.62. The van der Waals surface area contributed by atoms with Gasteiger partial charge in [0.25, 0.3) is 0 Å². The van der Waals surface area contributed by atoms with Gasteiger partial charge in [-0.2, -0.15) is 0 Å². The lowest BCUT2D eigenvalue weighted by Crippen LogP contribution is -1.87. The third-order valence-corrected chi connectivity index (χ3v) is 4.71. The van der Waals surface area contributed by atoms with Crippen LogP contribution in [0.3, 0.4) is 0 Å². The molecule has 0 aliphatic heterocycles. The molecule has 0 aliphatic carbocycles. The monoisotopic (exact) mass is 350 g/mol. The Balaban J connectivity index is 1.77. The first-order valence-electron chi connectivity index (χ1n) is 7.62. The molecule has 0 spiro atoms. The summed E-state index contributed by atoms with van der Waals surface area (Å²) in [6.45, 7) is 0. The second kappa shape index (κ2) is 6.53. The molecule has 0 amide bonds. The highest BCUT2D eigenvalue weighted by molar-refractivity contribution is 7.13. The first-order chi connectivity index (χ1) is 12.2. The minimum atomic E-state index is -0.291. The molecule has 0 radical (unpaired) electrons. The van der Waals surface area contributed by atoms with Gasteiger partial charge in [-0.25, -0.2) is 13.8 Å². The molecule has 0 fully saturated rings. The zero-order valence-electron chi connectivity index (χ0n) is 13.0. The highest BCUT2D eigenvalue weighted by Crippen LogP contribution is 2.35. The minimum Gasteiger partial charge on any atom is -0.264 e. The van der Waals surface area contributed by atoms with Crippen molar-refractivity contribution in [3.8, 4) is 33.0 Å². The van der Waals surface area contributed by atoms with Gasteiger partial charge in [-0.1, -0.05) is 24.3 Å². The van der Waals surface area contributed by atoms with Gasteiger partial charge in [-0.3, -0.25) is 4.98 Å². The largest absolute Gasteiger partial charge is 0.264 e. The number of hydrogen-bond acceptors (Lipinski definition) is 3. The number of pyridine rings is 1. The molecule has 0 unspecified atom stereocenters. The summed E-state index contributed by atoms with van der Waals surface area (Å²) in [5.41, 5.74) is 4.13. The van der Waals surface area contributed by atoms with Gasteiger partial charge in [-0.15, -0.1) is 11.3 Å². The standard InChI is InChI=1S/C20H12F2N2S/c21-15-6-4-13(5-7-15)17-8-9-23-11-18(17)20-24-19(12-25-20)14-2-1-3-16(22)10-14/h1-12H. The fourth-order valence-corrected chi connectivity index (χ4v) is 3.48. The molecule has 5 heteroatoms. The van der Waals surface area contributed by atoms with Gasteiger partial charge >= 0.3 is 0 Å². The number of rotatable bonds is 3. The maximum absolute atomic E-state index is 13.4. The molecule has 2 aromatic carbocycles. The van der Waals surface area contributed by atoms with Crippen LogP contribution in [0.1, 0.15) is 0 Å². The summed E-state index contributed by atoms with van der Waals surface area (Å²) in [6.07, 6.45) is 3.44. The first-order valence-corrected chi connectivity index (χ1v) is 8.50. The van der Waals surface area contributed by atoms with Gasteiger partial charge in [0, 0.05) is 28.9 Å². The molecule has 2 aromatic heterocycles. The second-order valence-corrected chi connectivity index (χ2v) is 6.33. The van der Waals surface area contributed by atoms with E-state index in [1.54, 1.807) is 30.6 Å². The number of nitrogens with zero attached hydrogens (tertiary/aromatic N) is 2. The van der Waals surface area contributed by atoms with E-state index in [9.17, 15) is 8.78 Å². The van der Waals surface area contributed by atoms with Crippen LogP contribution in [0.25, 0.3) is 33.0 Å². The lowest BCUT2D eigenvalue weighted by atomic mass is 10.0. The Kier molecular flexibility index (Phi) is 4.07.